The Morgan fingerprint density at radius 2 is 1.80 bits per heavy atom. The molecule has 1 N–H and O–H groups in total. The van der Waals surface area contributed by atoms with Crippen LogP contribution in [0.2, 0.25) is 0 Å². The summed E-state index contributed by atoms with van der Waals surface area (Å²) in [5.74, 6) is 0. The molecule has 0 aliphatic carbocycles. The first-order valence-electron chi connectivity index (χ1n) is 7.96. The summed E-state index contributed by atoms with van der Waals surface area (Å²) in [6.07, 6.45) is 3.43. The standard InChI is InChI=1S/C18H32N2/c1-7-18(8-2,20(5)6)17(19-9-3)14-16-12-10-11-15(4)13-16/h10-13,17,19H,7-9,14H2,1-6H3. The first-order valence-corrected chi connectivity index (χ1v) is 7.96. The van der Waals surface area contributed by atoms with Gasteiger partial charge in [0.2, 0.25) is 0 Å². The van der Waals surface area contributed by atoms with Crippen molar-refractivity contribution < 1.29 is 0 Å². The van der Waals surface area contributed by atoms with E-state index < -0.39 is 0 Å². The number of rotatable bonds is 8. The van der Waals surface area contributed by atoms with Gasteiger partial charge >= 0.3 is 0 Å². The Labute approximate surface area is 125 Å². The lowest BCUT2D eigenvalue weighted by atomic mass is 9.80. The van der Waals surface area contributed by atoms with E-state index in [-0.39, 0.29) is 5.54 Å². The topological polar surface area (TPSA) is 15.3 Å². The van der Waals surface area contributed by atoms with E-state index >= 15 is 0 Å². The first-order chi connectivity index (χ1) is 9.50. The van der Waals surface area contributed by atoms with Crippen molar-refractivity contribution in [2.45, 2.75) is 58.5 Å². The molecule has 0 bridgehead atoms. The number of nitrogens with zero attached hydrogens (tertiary/aromatic N) is 1. The zero-order valence-corrected chi connectivity index (χ0v) is 14.2. The van der Waals surface area contributed by atoms with Crippen LogP contribution < -0.4 is 5.32 Å². The van der Waals surface area contributed by atoms with Crippen molar-refractivity contribution in [3.63, 3.8) is 0 Å². The molecule has 1 aromatic rings. The molecule has 0 spiro atoms. The quantitative estimate of drug-likeness (QED) is 0.780. The van der Waals surface area contributed by atoms with E-state index in [1.807, 2.05) is 0 Å². The molecule has 2 nitrogen and oxygen atoms in total. The van der Waals surface area contributed by atoms with Gasteiger partial charge in [-0.05, 0) is 52.4 Å². The van der Waals surface area contributed by atoms with Gasteiger partial charge in [0.1, 0.15) is 0 Å². The normalized spacial score (nSPS) is 13.8. The maximum absolute atomic E-state index is 3.73. The van der Waals surface area contributed by atoms with Gasteiger partial charge < -0.3 is 10.2 Å². The third-order valence-corrected chi connectivity index (χ3v) is 4.74. The van der Waals surface area contributed by atoms with E-state index in [1.54, 1.807) is 0 Å². The van der Waals surface area contributed by atoms with Crippen LogP contribution in [0.5, 0.6) is 0 Å². The number of aryl methyl sites for hydroxylation is 1. The highest BCUT2D eigenvalue weighted by Gasteiger charge is 2.37. The molecule has 0 heterocycles. The molecule has 0 radical (unpaired) electrons. The minimum atomic E-state index is 0.222. The van der Waals surface area contributed by atoms with Crippen LogP contribution in [0.1, 0.15) is 44.7 Å². The van der Waals surface area contributed by atoms with Gasteiger partial charge in [0.05, 0.1) is 0 Å². The molecule has 1 atom stereocenters. The van der Waals surface area contributed by atoms with E-state index in [9.17, 15) is 0 Å². The van der Waals surface area contributed by atoms with Crippen LogP contribution in [-0.4, -0.2) is 37.1 Å². The van der Waals surface area contributed by atoms with Crippen LogP contribution in [0.25, 0.3) is 0 Å². The van der Waals surface area contributed by atoms with E-state index in [0.29, 0.717) is 6.04 Å². The molecular formula is C18H32N2. The van der Waals surface area contributed by atoms with Gasteiger partial charge in [0.25, 0.3) is 0 Å². The lowest BCUT2D eigenvalue weighted by molar-refractivity contribution is 0.0889. The minimum Gasteiger partial charge on any atom is -0.312 e. The van der Waals surface area contributed by atoms with Gasteiger partial charge in [-0.2, -0.15) is 0 Å². The molecule has 1 unspecified atom stereocenters. The second kappa shape index (κ2) is 7.80. The zero-order chi connectivity index (χ0) is 15.2. The average Bonchev–Trinajstić information content (AvgIpc) is 2.40. The molecule has 20 heavy (non-hydrogen) atoms. The van der Waals surface area contributed by atoms with Gasteiger partial charge in [-0.15, -0.1) is 0 Å². The van der Waals surface area contributed by atoms with Crippen molar-refractivity contribution in [1.29, 1.82) is 0 Å². The molecule has 0 aliphatic rings. The molecule has 114 valence electrons. The summed E-state index contributed by atoms with van der Waals surface area (Å²) in [4.78, 5) is 2.41. The van der Waals surface area contributed by atoms with E-state index in [2.05, 4.69) is 76.3 Å². The summed E-state index contributed by atoms with van der Waals surface area (Å²) in [6.45, 7) is 10.0. The molecule has 0 aromatic heterocycles. The Morgan fingerprint density at radius 3 is 2.25 bits per heavy atom. The maximum Gasteiger partial charge on any atom is 0.0354 e. The molecule has 1 aromatic carbocycles. The monoisotopic (exact) mass is 276 g/mol. The van der Waals surface area contributed by atoms with Crippen LogP contribution in [-0.2, 0) is 6.42 Å². The highest BCUT2D eigenvalue weighted by Crippen LogP contribution is 2.28. The SMILES string of the molecule is CCNC(Cc1cccc(C)c1)C(CC)(CC)N(C)C. The molecule has 0 amide bonds. The number of hydrogen-bond donors (Lipinski definition) is 1. The summed E-state index contributed by atoms with van der Waals surface area (Å²) in [5, 5.41) is 3.73. The summed E-state index contributed by atoms with van der Waals surface area (Å²) in [5.41, 5.74) is 3.00. The van der Waals surface area contributed by atoms with E-state index in [4.69, 9.17) is 0 Å². The molecule has 2 heteroatoms. The Hall–Kier alpha value is -0.860. The Kier molecular flexibility index (Phi) is 6.70. The van der Waals surface area contributed by atoms with Crippen LogP contribution in [0.15, 0.2) is 24.3 Å². The average molecular weight is 276 g/mol. The van der Waals surface area contributed by atoms with Crippen molar-refractivity contribution in [1.82, 2.24) is 10.2 Å². The number of nitrogens with one attached hydrogen (secondary N) is 1. The fraction of sp³-hybridized carbons (Fsp3) is 0.667. The molecule has 0 fully saturated rings. The summed E-state index contributed by atoms with van der Waals surface area (Å²) >= 11 is 0. The molecule has 0 aliphatic heterocycles. The van der Waals surface area contributed by atoms with Gasteiger partial charge in [0.15, 0.2) is 0 Å². The van der Waals surface area contributed by atoms with Gasteiger partial charge in [0, 0.05) is 11.6 Å². The molecule has 0 saturated heterocycles. The van der Waals surface area contributed by atoms with Crippen molar-refractivity contribution in [2.75, 3.05) is 20.6 Å². The Balaban J connectivity index is 3.03. The van der Waals surface area contributed by atoms with Crippen molar-refractivity contribution in [2.24, 2.45) is 0 Å². The predicted molar refractivity (Wildman–Crippen MR) is 89.3 cm³/mol. The molecular weight excluding hydrogens is 244 g/mol. The second-order valence-corrected chi connectivity index (χ2v) is 6.01. The van der Waals surface area contributed by atoms with Crippen LogP contribution in [0.4, 0.5) is 0 Å². The van der Waals surface area contributed by atoms with Gasteiger partial charge in [-0.3, -0.25) is 0 Å². The van der Waals surface area contributed by atoms with Crippen LogP contribution in [0, 0.1) is 6.92 Å². The van der Waals surface area contributed by atoms with Crippen molar-refractivity contribution in [3.8, 4) is 0 Å². The zero-order valence-electron chi connectivity index (χ0n) is 14.2. The van der Waals surface area contributed by atoms with Gasteiger partial charge in [-0.1, -0.05) is 50.6 Å². The minimum absolute atomic E-state index is 0.222. The Morgan fingerprint density at radius 1 is 1.15 bits per heavy atom. The summed E-state index contributed by atoms with van der Waals surface area (Å²) < 4.78 is 0. The fourth-order valence-corrected chi connectivity index (χ4v) is 3.46. The lowest BCUT2D eigenvalue weighted by Gasteiger charge is -2.45. The largest absolute Gasteiger partial charge is 0.312 e. The number of benzene rings is 1. The molecule has 0 saturated carbocycles. The van der Waals surface area contributed by atoms with Crippen molar-refractivity contribution in [3.05, 3.63) is 35.4 Å². The van der Waals surface area contributed by atoms with E-state index in [0.717, 1.165) is 13.0 Å². The Bertz CT molecular complexity index is 394. The molecule has 1 rings (SSSR count). The van der Waals surface area contributed by atoms with E-state index in [1.165, 1.54) is 24.0 Å². The number of hydrogen-bond acceptors (Lipinski definition) is 2. The summed E-state index contributed by atoms with van der Waals surface area (Å²) in [7, 11) is 4.43. The first kappa shape index (κ1) is 17.2. The van der Waals surface area contributed by atoms with Crippen LogP contribution >= 0.6 is 0 Å². The van der Waals surface area contributed by atoms with Gasteiger partial charge in [-0.25, -0.2) is 0 Å². The third kappa shape index (κ3) is 3.83. The smallest absolute Gasteiger partial charge is 0.0354 e. The summed E-state index contributed by atoms with van der Waals surface area (Å²) in [6, 6.07) is 9.39. The van der Waals surface area contributed by atoms with Crippen molar-refractivity contribution >= 4 is 0 Å². The second-order valence-electron chi connectivity index (χ2n) is 6.01. The predicted octanol–water partition coefficient (Wildman–Crippen LogP) is 3.64. The lowest BCUT2D eigenvalue weighted by Crippen LogP contribution is -2.59. The third-order valence-electron chi connectivity index (χ3n) is 4.74. The highest BCUT2D eigenvalue weighted by molar-refractivity contribution is 5.24. The van der Waals surface area contributed by atoms with Crippen LogP contribution in [0.3, 0.4) is 0 Å². The number of likely N-dealkylation sites (N-methyl/N-ethyl adjacent to an activating group) is 2. The maximum atomic E-state index is 3.73. The highest BCUT2D eigenvalue weighted by atomic mass is 15.2. The fourth-order valence-electron chi connectivity index (χ4n) is 3.46.